The summed E-state index contributed by atoms with van der Waals surface area (Å²) in [5.41, 5.74) is 7.37. The largest absolute Gasteiger partial charge is 0.497 e. The van der Waals surface area contributed by atoms with Crippen molar-refractivity contribution in [2.45, 2.75) is 40.2 Å². The summed E-state index contributed by atoms with van der Waals surface area (Å²) in [6.45, 7) is 6.66. The predicted molar refractivity (Wildman–Crippen MR) is 181 cm³/mol. The number of aromatic nitrogens is 5. The number of hydrogen-bond donors (Lipinski definition) is 0. The van der Waals surface area contributed by atoms with Crippen LogP contribution >= 0.6 is 0 Å². The average Bonchev–Trinajstić information content (AvgIpc) is 3.68. The third-order valence-corrected chi connectivity index (χ3v) is 8.06. The van der Waals surface area contributed by atoms with E-state index in [9.17, 15) is 0 Å². The number of nitrogens with zero attached hydrogens (tertiary/aromatic N) is 5. The summed E-state index contributed by atoms with van der Waals surface area (Å²) in [5.74, 6) is 3.74. The minimum atomic E-state index is 0.494. The zero-order chi connectivity index (χ0) is 31.5. The quantitative estimate of drug-likeness (QED) is 0.147. The minimum absolute atomic E-state index is 0.494. The molecule has 0 fully saturated rings. The van der Waals surface area contributed by atoms with Crippen LogP contribution in [0, 0.1) is 0 Å². The van der Waals surface area contributed by atoms with Crippen LogP contribution in [0.5, 0.6) is 17.2 Å². The van der Waals surface area contributed by atoms with Gasteiger partial charge >= 0.3 is 0 Å². The van der Waals surface area contributed by atoms with Crippen molar-refractivity contribution in [2.24, 2.45) is 0 Å². The Balaban J connectivity index is 1.24. The molecule has 7 aromatic rings. The Morgan fingerprint density at radius 3 is 1.39 bits per heavy atom. The molecule has 0 radical (unpaired) electrons. The summed E-state index contributed by atoms with van der Waals surface area (Å²) in [7, 11) is 1.67. The molecule has 0 saturated carbocycles. The number of aryl methyl sites for hydroxylation is 2. The number of ether oxygens (including phenoxy) is 3. The van der Waals surface area contributed by atoms with Crippen LogP contribution in [0.1, 0.15) is 25.0 Å². The van der Waals surface area contributed by atoms with E-state index in [0.29, 0.717) is 30.4 Å². The third-order valence-electron chi connectivity index (χ3n) is 8.06. The lowest BCUT2D eigenvalue weighted by atomic mass is 10.2. The highest BCUT2D eigenvalue weighted by Crippen LogP contribution is 2.33. The van der Waals surface area contributed by atoms with Crippen LogP contribution in [0.2, 0.25) is 0 Å². The van der Waals surface area contributed by atoms with E-state index in [1.807, 2.05) is 72.8 Å². The molecular formula is C38H35N5O3. The van der Waals surface area contributed by atoms with E-state index in [0.717, 1.165) is 69.4 Å². The second-order valence-corrected chi connectivity index (χ2v) is 11.0. The molecule has 0 unspecified atom stereocenters. The Morgan fingerprint density at radius 1 is 0.522 bits per heavy atom. The fourth-order valence-electron chi connectivity index (χ4n) is 5.76. The highest BCUT2D eigenvalue weighted by Gasteiger charge is 2.19. The molecule has 0 aliphatic heterocycles. The topological polar surface area (TPSA) is 76.2 Å². The first-order chi connectivity index (χ1) is 22.6. The van der Waals surface area contributed by atoms with Crippen molar-refractivity contribution in [3.05, 3.63) is 120 Å². The van der Waals surface area contributed by atoms with Gasteiger partial charge in [0.05, 0.1) is 29.2 Å². The van der Waals surface area contributed by atoms with Gasteiger partial charge in [0, 0.05) is 37.4 Å². The molecule has 230 valence electrons. The van der Waals surface area contributed by atoms with Crippen molar-refractivity contribution in [1.82, 2.24) is 24.1 Å². The maximum absolute atomic E-state index is 6.10. The molecule has 46 heavy (non-hydrogen) atoms. The number of hydrogen-bond acceptors (Lipinski definition) is 6. The molecule has 0 bridgehead atoms. The fraction of sp³-hybridized carbons (Fsp3) is 0.184. The molecule has 7 rings (SSSR count). The lowest BCUT2D eigenvalue weighted by Gasteiger charge is -2.11. The first-order valence-corrected chi connectivity index (χ1v) is 15.5. The molecule has 0 amide bonds. The van der Waals surface area contributed by atoms with Gasteiger partial charge in [0.1, 0.15) is 41.9 Å². The van der Waals surface area contributed by atoms with Crippen LogP contribution < -0.4 is 14.2 Å². The predicted octanol–water partition coefficient (Wildman–Crippen LogP) is 8.32. The number of methoxy groups -OCH3 is 1. The normalized spacial score (nSPS) is 11.3. The van der Waals surface area contributed by atoms with Gasteiger partial charge in [-0.25, -0.2) is 15.0 Å². The van der Waals surface area contributed by atoms with Crippen LogP contribution in [0.25, 0.3) is 45.1 Å². The summed E-state index contributed by atoms with van der Waals surface area (Å²) >= 11 is 0. The SMILES string of the molecule is CCn1c(-c2cc(OC)cc(-c3nc4cc(OCc5ccccc5)ccc4n3CC)n2)nc2cc(OCc3ccccc3)ccc21. The molecule has 3 heterocycles. The van der Waals surface area contributed by atoms with Gasteiger partial charge in [-0.3, -0.25) is 0 Å². The molecule has 0 saturated heterocycles. The molecule has 0 N–H and O–H groups in total. The van der Waals surface area contributed by atoms with Gasteiger partial charge in [-0.15, -0.1) is 0 Å². The second kappa shape index (κ2) is 12.8. The lowest BCUT2D eigenvalue weighted by Crippen LogP contribution is -2.03. The Bertz CT molecular complexity index is 1970. The monoisotopic (exact) mass is 609 g/mol. The van der Waals surface area contributed by atoms with Gasteiger partial charge in [-0.1, -0.05) is 60.7 Å². The zero-order valence-corrected chi connectivity index (χ0v) is 26.2. The third kappa shape index (κ3) is 5.77. The number of benzene rings is 4. The van der Waals surface area contributed by atoms with E-state index >= 15 is 0 Å². The zero-order valence-electron chi connectivity index (χ0n) is 26.2. The molecular weight excluding hydrogens is 574 g/mol. The molecule has 8 heteroatoms. The highest BCUT2D eigenvalue weighted by atomic mass is 16.5. The minimum Gasteiger partial charge on any atom is -0.497 e. The molecule has 4 aromatic carbocycles. The van der Waals surface area contributed by atoms with Gasteiger partial charge in [0.15, 0.2) is 11.6 Å². The molecule has 0 aliphatic rings. The van der Waals surface area contributed by atoms with Crippen molar-refractivity contribution < 1.29 is 14.2 Å². The van der Waals surface area contributed by atoms with Crippen LogP contribution in [-0.4, -0.2) is 31.2 Å². The van der Waals surface area contributed by atoms with Crippen molar-refractivity contribution in [1.29, 1.82) is 0 Å². The fourth-order valence-corrected chi connectivity index (χ4v) is 5.76. The Labute approximate surface area is 267 Å². The van der Waals surface area contributed by atoms with Crippen LogP contribution in [0.15, 0.2) is 109 Å². The smallest absolute Gasteiger partial charge is 0.159 e. The van der Waals surface area contributed by atoms with E-state index in [-0.39, 0.29) is 0 Å². The first-order valence-electron chi connectivity index (χ1n) is 15.5. The molecule has 0 aliphatic carbocycles. The second-order valence-electron chi connectivity index (χ2n) is 11.0. The molecule has 0 spiro atoms. The molecule has 3 aromatic heterocycles. The van der Waals surface area contributed by atoms with Gasteiger partial charge < -0.3 is 23.3 Å². The summed E-state index contributed by atoms with van der Waals surface area (Å²) in [6.07, 6.45) is 0. The number of imidazole rings is 2. The molecule has 8 nitrogen and oxygen atoms in total. The standard InChI is InChI=1S/C38H35N5O3/c1-4-42-35-18-16-28(45-24-26-12-8-6-9-13-26)20-31(35)40-37(42)33-22-30(44-3)23-34(39-33)38-41-32-21-29(17-19-36(32)43(38)5-2)46-25-27-14-10-7-11-15-27/h6-23H,4-5,24-25H2,1-3H3. The average molecular weight is 610 g/mol. The van der Waals surface area contributed by atoms with Crippen molar-refractivity contribution >= 4 is 22.1 Å². The van der Waals surface area contributed by atoms with Crippen molar-refractivity contribution in [3.63, 3.8) is 0 Å². The van der Waals surface area contributed by atoms with Gasteiger partial charge in [-0.2, -0.15) is 0 Å². The van der Waals surface area contributed by atoms with Crippen molar-refractivity contribution in [2.75, 3.05) is 7.11 Å². The summed E-state index contributed by atoms with van der Waals surface area (Å²) < 4.78 is 22.3. The number of rotatable bonds is 11. The van der Waals surface area contributed by atoms with E-state index in [1.165, 1.54) is 0 Å². The van der Waals surface area contributed by atoms with E-state index in [1.54, 1.807) is 7.11 Å². The number of fused-ring (bicyclic) bond motifs is 2. The van der Waals surface area contributed by atoms with Crippen LogP contribution in [0.3, 0.4) is 0 Å². The van der Waals surface area contributed by atoms with E-state index in [4.69, 9.17) is 29.2 Å². The Morgan fingerprint density at radius 2 is 0.978 bits per heavy atom. The maximum atomic E-state index is 6.10. The Kier molecular flexibility index (Phi) is 8.08. The van der Waals surface area contributed by atoms with E-state index < -0.39 is 0 Å². The Hall–Kier alpha value is -5.63. The van der Waals surface area contributed by atoms with E-state index in [2.05, 4.69) is 59.4 Å². The van der Waals surface area contributed by atoms with Crippen molar-refractivity contribution in [3.8, 4) is 40.3 Å². The lowest BCUT2D eigenvalue weighted by molar-refractivity contribution is 0.306. The number of pyridine rings is 1. The first kappa shape index (κ1) is 29.1. The summed E-state index contributed by atoms with van der Waals surface area (Å²) in [5, 5.41) is 0. The summed E-state index contributed by atoms with van der Waals surface area (Å²) in [4.78, 5) is 15.2. The maximum Gasteiger partial charge on any atom is 0.159 e. The van der Waals surface area contributed by atoms with Gasteiger partial charge in [0.25, 0.3) is 0 Å². The van der Waals surface area contributed by atoms with Crippen LogP contribution in [-0.2, 0) is 26.3 Å². The summed E-state index contributed by atoms with van der Waals surface area (Å²) in [6, 6.07) is 36.2. The molecule has 0 atom stereocenters. The van der Waals surface area contributed by atoms with Crippen LogP contribution in [0.4, 0.5) is 0 Å². The van der Waals surface area contributed by atoms with Gasteiger partial charge in [0.2, 0.25) is 0 Å². The van der Waals surface area contributed by atoms with Gasteiger partial charge in [-0.05, 0) is 49.2 Å². The highest BCUT2D eigenvalue weighted by molar-refractivity contribution is 5.83.